The molecule has 3 nitrogen and oxygen atoms in total. The number of benzene rings is 2. The average Bonchev–Trinajstić information content (AvgIpc) is 2.50. The van der Waals surface area contributed by atoms with Crippen molar-refractivity contribution in [1.82, 2.24) is 0 Å². The molecule has 2 aromatic carbocycles. The summed E-state index contributed by atoms with van der Waals surface area (Å²) in [6, 6.07) is 12.7. The maximum atomic E-state index is 12.3. The Kier molecular flexibility index (Phi) is 5.42. The van der Waals surface area contributed by atoms with E-state index in [1.807, 2.05) is 18.2 Å². The van der Waals surface area contributed by atoms with Crippen LogP contribution in [0.3, 0.4) is 0 Å². The molecule has 0 aliphatic carbocycles. The summed E-state index contributed by atoms with van der Waals surface area (Å²) in [5.41, 5.74) is 0.633. The lowest BCUT2D eigenvalue weighted by molar-refractivity contribution is 0.0817. The molecule has 0 saturated carbocycles. The number of Topliss-reactive ketones (excluding diaryl/α,β-unsaturated/α-hetero) is 1. The normalized spacial score (nSPS) is 11.8. The Labute approximate surface area is 140 Å². The largest absolute Gasteiger partial charge is 0.496 e. The molecule has 2 rings (SSSR count). The highest BCUT2D eigenvalue weighted by atomic mass is 79.9. The number of methoxy groups -OCH3 is 1. The van der Waals surface area contributed by atoms with Crippen LogP contribution in [0.1, 0.15) is 17.3 Å². The average molecular weight is 414 g/mol. The highest BCUT2D eigenvalue weighted by Crippen LogP contribution is 2.36. The van der Waals surface area contributed by atoms with Crippen LogP contribution in [0.2, 0.25) is 0 Å². The van der Waals surface area contributed by atoms with Gasteiger partial charge in [0.25, 0.3) is 0 Å². The third-order valence-electron chi connectivity index (χ3n) is 2.94. The van der Waals surface area contributed by atoms with Crippen LogP contribution in [0.25, 0.3) is 0 Å². The maximum absolute atomic E-state index is 12.3. The van der Waals surface area contributed by atoms with E-state index in [0.717, 1.165) is 8.95 Å². The van der Waals surface area contributed by atoms with Crippen LogP contribution < -0.4 is 9.47 Å². The van der Waals surface area contributed by atoms with Crippen LogP contribution in [0.15, 0.2) is 51.4 Å². The van der Waals surface area contributed by atoms with E-state index in [2.05, 4.69) is 31.9 Å². The monoisotopic (exact) mass is 412 g/mol. The number of rotatable bonds is 5. The molecule has 2 aromatic rings. The molecule has 110 valence electrons. The SMILES string of the molecule is COc1cc(Br)c(OC(C)C(=O)c2ccccc2)cc1Br. The lowest BCUT2D eigenvalue weighted by Crippen LogP contribution is -2.24. The summed E-state index contributed by atoms with van der Waals surface area (Å²) in [4.78, 5) is 12.3. The summed E-state index contributed by atoms with van der Waals surface area (Å²) in [7, 11) is 1.59. The van der Waals surface area contributed by atoms with Gasteiger partial charge in [-0.25, -0.2) is 0 Å². The molecule has 0 aliphatic heterocycles. The molecule has 0 aliphatic rings. The van der Waals surface area contributed by atoms with Gasteiger partial charge < -0.3 is 9.47 Å². The Morgan fingerprint density at radius 3 is 2.24 bits per heavy atom. The molecule has 0 heterocycles. The van der Waals surface area contributed by atoms with Crippen LogP contribution in [-0.2, 0) is 0 Å². The van der Waals surface area contributed by atoms with Crippen molar-refractivity contribution in [3.05, 3.63) is 57.0 Å². The van der Waals surface area contributed by atoms with Crippen molar-refractivity contribution in [2.45, 2.75) is 13.0 Å². The topological polar surface area (TPSA) is 35.5 Å². The molecule has 0 radical (unpaired) electrons. The molecule has 0 fully saturated rings. The van der Waals surface area contributed by atoms with E-state index in [1.54, 1.807) is 38.3 Å². The zero-order valence-corrected chi connectivity index (χ0v) is 14.8. The summed E-state index contributed by atoms with van der Waals surface area (Å²) < 4.78 is 12.5. The third kappa shape index (κ3) is 3.86. The highest BCUT2D eigenvalue weighted by Gasteiger charge is 2.18. The van der Waals surface area contributed by atoms with Crippen LogP contribution >= 0.6 is 31.9 Å². The minimum absolute atomic E-state index is 0.0607. The van der Waals surface area contributed by atoms with Crippen molar-refractivity contribution in [2.24, 2.45) is 0 Å². The number of carbonyl (C=O) groups excluding carboxylic acids is 1. The second-order valence-corrected chi connectivity index (χ2v) is 6.12. The molecule has 5 heteroatoms. The lowest BCUT2D eigenvalue weighted by atomic mass is 10.1. The zero-order chi connectivity index (χ0) is 15.4. The van der Waals surface area contributed by atoms with Crippen molar-refractivity contribution < 1.29 is 14.3 Å². The fourth-order valence-electron chi connectivity index (χ4n) is 1.84. The predicted octanol–water partition coefficient (Wildman–Crippen LogP) is 4.87. The van der Waals surface area contributed by atoms with Gasteiger partial charge in [-0.15, -0.1) is 0 Å². The van der Waals surface area contributed by atoms with Gasteiger partial charge in [-0.2, -0.15) is 0 Å². The van der Waals surface area contributed by atoms with Gasteiger partial charge >= 0.3 is 0 Å². The minimum Gasteiger partial charge on any atom is -0.496 e. The Hall–Kier alpha value is -1.33. The molecule has 0 N–H and O–H groups in total. The lowest BCUT2D eigenvalue weighted by Gasteiger charge is -2.16. The van der Waals surface area contributed by atoms with Crippen molar-refractivity contribution in [3.8, 4) is 11.5 Å². The van der Waals surface area contributed by atoms with Crippen LogP contribution in [-0.4, -0.2) is 19.0 Å². The molecule has 21 heavy (non-hydrogen) atoms. The Morgan fingerprint density at radius 2 is 1.62 bits per heavy atom. The molecule has 0 amide bonds. The number of hydrogen-bond donors (Lipinski definition) is 0. The molecule has 0 bridgehead atoms. The van der Waals surface area contributed by atoms with Gasteiger partial charge in [0.05, 0.1) is 16.1 Å². The maximum Gasteiger partial charge on any atom is 0.202 e. The van der Waals surface area contributed by atoms with Gasteiger partial charge in [-0.3, -0.25) is 4.79 Å². The molecule has 0 saturated heterocycles. The van der Waals surface area contributed by atoms with Gasteiger partial charge in [-0.05, 0) is 50.9 Å². The minimum atomic E-state index is -0.580. The van der Waals surface area contributed by atoms with Crippen molar-refractivity contribution in [1.29, 1.82) is 0 Å². The van der Waals surface area contributed by atoms with E-state index in [0.29, 0.717) is 17.1 Å². The van der Waals surface area contributed by atoms with Crippen molar-refractivity contribution in [2.75, 3.05) is 7.11 Å². The van der Waals surface area contributed by atoms with Crippen LogP contribution in [0.5, 0.6) is 11.5 Å². The number of ketones is 1. The first-order valence-electron chi connectivity index (χ1n) is 6.32. The summed E-state index contributed by atoms with van der Waals surface area (Å²) >= 11 is 6.82. The Bertz CT molecular complexity index is 641. The summed E-state index contributed by atoms with van der Waals surface area (Å²) in [5.74, 6) is 1.21. The molecular weight excluding hydrogens is 400 g/mol. The highest BCUT2D eigenvalue weighted by molar-refractivity contribution is 9.11. The first-order chi connectivity index (χ1) is 10.0. The van der Waals surface area contributed by atoms with E-state index >= 15 is 0 Å². The smallest absolute Gasteiger partial charge is 0.202 e. The number of hydrogen-bond acceptors (Lipinski definition) is 3. The number of halogens is 2. The van der Waals surface area contributed by atoms with Crippen LogP contribution in [0.4, 0.5) is 0 Å². The summed E-state index contributed by atoms with van der Waals surface area (Å²) in [6.07, 6.45) is -0.580. The predicted molar refractivity (Wildman–Crippen MR) is 89.3 cm³/mol. The van der Waals surface area contributed by atoms with Gasteiger partial charge in [0, 0.05) is 5.56 Å². The standard InChI is InChI=1S/C16H14Br2O3/c1-10(16(19)11-6-4-3-5-7-11)21-15-9-12(17)14(20-2)8-13(15)18/h3-10H,1-2H3. The van der Waals surface area contributed by atoms with Crippen molar-refractivity contribution >= 4 is 37.6 Å². The first-order valence-corrected chi connectivity index (χ1v) is 7.90. The van der Waals surface area contributed by atoms with Crippen molar-refractivity contribution in [3.63, 3.8) is 0 Å². The summed E-state index contributed by atoms with van der Waals surface area (Å²) in [5, 5.41) is 0. The van der Waals surface area contributed by atoms with Gasteiger partial charge in [0.15, 0.2) is 6.10 Å². The van der Waals surface area contributed by atoms with Crippen LogP contribution in [0, 0.1) is 0 Å². The van der Waals surface area contributed by atoms with E-state index in [9.17, 15) is 4.79 Å². The quantitative estimate of drug-likeness (QED) is 0.656. The van der Waals surface area contributed by atoms with Gasteiger partial charge in [0.2, 0.25) is 5.78 Å². The second-order valence-electron chi connectivity index (χ2n) is 4.41. The first kappa shape index (κ1) is 16.0. The third-order valence-corrected chi connectivity index (χ3v) is 4.18. The fraction of sp³-hybridized carbons (Fsp3) is 0.188. The molecule has 1 unspecified atom stereocenters. The Balaban J connectivity index is 2.18. The molecule has 1 atom stereocenters. The zero-order valence-electron chi connectivity index (χ0n) is 11.6. The molecular formula is C16H14Br2O3. The van der Waals surface area contributed by atoms with E-state index in [4.69, 9.17) is 9.47 Å². The second kappa shape index (κ2) is 7.09. The Morgan fingerprint density at radius 1 is 1.05 bits per heavy atom. The summed E-state index contributed by atoms with van der Waals surface area (Å²) in [6.45, 7) is 1.74. The number of carbonyl (C=O) groups is 1. The molecule has 0 aromatic heterocycles. The van der Waals surface area contributed by atoms with Gasteiger partial charge in [0.1, 0.15) is 11.5 Å². The number of ether oxygens (including phenoxy) is 2. The van der Waals surface area contributed by atoms with E-state index in [1.165, 1.54) is 0 Å². The fourth-order valence-corrected chi connectivity index (χ4v) is 2.74. The van der Waals surface area contributed by atoms with E-state index in [-0.39, 0.29) is 5.78 Å². The van der Waals surface area contributed by atoms with Gasteiger partial charge in [-0.1, -0.05) is 30.3 Å². The van der Waals surface area contributed by atoms with E-state index < -0.39 is 6.10 Å². The molecule has 0 spiro atoms.